The summed E-state index contributed by atoms with van der Waals surface area (Å²) in [4.78, 5) is 2.37. The Kier molecular flexibility index (Phi) is 10.3. The SMILES string of the molecule is [CH2-]C=C(C)CN(CC)CC.[Li+]. The van der Waals surface area contributed by atoms with Gasteiger partial charge in [0.05, 0.1) is 0 Å². The maximum Gasteiger partial charge on any atom is 1.00 e. The van der Waals surface area contributed by atoms with Gasteiger partial charge in [-0.3, -0.25) is 0 Å². The fourth-order valence-corrected chi connectivity index (χ4v) is 0.864. The molecule has 0 aromatic rings. The van der Waals surface area contributed by atoms with Gasteiger partial charge in [0.15, 0.2) is 0 Å². The molecular formula is C9H18LiN. The first-order valence-electron chi connectivity index (χ1n) is 3.91. The van der Waals surface area contributed by atoms with Gasteiger partial charge in [0.1, 0.15) is 0 Å². The molecule has 0 heterocycles. The monoisotopic (exact) mass is 147 g/mol. The number of likely N-dealkylation sites (N-methyl/N-ethyl adjacent to an activating group) is 1. The van der Waals surface area contributed by atoms with Gasteiger partial charge < -0.3 is 4.90 Å². The molecule has 11 heavy (non-hydrogen) atoms. The largest absolute Gasteiger partial charge is 1.00 e. The molecule has 0 rings (SSSR count). The van der Waals surface area contributed by atoms with Crippen molar-refractivity contribution in [3.05, 3.63) is 18.6 Å². The Balaban J connectivity index is 0. The fourth-order valence-electron chi connectivity index (χ4n) is 0.864. The van der Waals surface area contributed by atoms with Gasteiger partial charge in [0.25, 0.3) is 0 Å². The summed E-state index contributed by atoms with van der Waals surface area (Å²) in [5, 5.41) is 0. The molecule has 0 spiro atoms. The summed E-state index contributed by atoms with van der Waals surface area (Å²) in [6, 6.07) is 0. The van der Waals surface area contributed by atoms with E-state index in [1.165, 1.54) is 5.57 Å². The molecule has 1 nitrogen and oxygen atoms in total. The van der Waals surface area contributed by atoms with E-state index in [-0.39, 0.29) is 18.9 Å². The first kappa shape index (κ1) is 13.7. The zero-order chi connectivity index (χ0) is 7.98. The molecule has 0 fully saturated rings. The molecule has 0 atom stereocenters. The van der Waals surface area contributed by atoms with Crippen LogP contribution >= 0.6 is 0 Å². The van der Waals surface area contributed by atoms with Crippen LogP contribution in [0.5, 0.6) is 0 Å². The van der Waals surface area contributed by atoms with Crippen LogP contribution in [-0.4, -0.2) is 24.5 Å². The molecule has 0 aliphatic rings. The van der Waals surface area contributed by atoms with Crippen LogP contribution in [-0.2, 0) is 0 Å². The van der Waals surface area contributed by atoms with E-state index in [4.69, 9.17) is 0 Å². The summed E-state index contributed by atoms with van der Waals surface area (Å²) in [6.07, 6.45) is 1.93. The van der Waals surface area contributed by atoms with Gasteiger partial charge >= 0.3 is 18.9 Å². The van der Waals surface area contributed by atoms with Crippen LogP contribution < -0.4 is 18.9 Å². The minimum absolute atomic E-state index is 0. The van der Waals surface area contributed by atoms with Gasteiger partial charge in [-0.1, -0.05) is 13.8 Å². The van der Waals surface area contributed by atoms with E-state index in [0.717, 1.165) is 19.6 Å². The second-order valence-electron chi connectivity index (χ2n) is 2.51. The van der Waals surface area contributed by atoms with E-state index in [9.17, 15) is 0 Å². The molecule has 0 unspecified atom stereocenters. The quantitative estimate of drug-likeness (QED) is 0.368. The number of hydrogen-bond donors (Lipinski definition) is 0. The fraction of sp³-hybridized carbons (Fsp3) is 0.667. The van der Waals surface area contributed by atoms with Crippen molar-refractivity contribution in [2.75, 3.05) is 19.6 Å². The zero-order valence-electron chi connectivity index (χ0n) is 8.35. The van der Waals surface area contributed by atoms with Gasteiger partial charge in [-0.25, -0.2) is 18.6 Å². The Hall–Kier alpha value is 0.167. The van der Waals surface area contributed by atoms with Crippen LogP contribution in [0.1, 0.15) is 20.8 Å². The minimum atomic E-state index is 0. The molecule has 0 bridgehead atoms. The van der Waals surface area contributed by atoms with E-state index in [1.807, 2.05) is 6.08 Å². The van der Waals surface area contributed by atoms with Crippen molar-refractivity contribution in [2.45, 2.75) is 20.8 Å². The predicted octanol–water partition coefficient (Wildman–Crippen LogP) is -0.887. The van der Waals surface area contributed by atoms with E-state index in [1.54, 1.807) is 0 Å². The van der Waals surface area contributed by atoms with Crippen molar-refractivity contribution in [3.63, 3.8) is 0 Å². The molecule has 0 saturated carbocycles. The van der Waals surface area contributed by atoms with E-state index in [0.29, 0.717) is 0 Å². The summed E-state index contributed by atoms with van der Waals surface area (Å²) in [6.45, 7) is 13.5. The van der Waals surface area contributed by atoms with Crippen molar-refractivity contribution in [3.8, 4) is 0 Å². The average molecular weight is 147 g/mol. The van der Waals surface area contributed by atoms with Crippen LogP contribution in [0.15, 0.2) is 11.6 Å². The molecule has 0 amide bonds. The smallest absolute Gasteiger partial charge is 0.316 e. The molecule has 0 aliphatic heterocycles. The van der Waals surface area contributed by atoms with Crippen LogP contribution in [0.4, 0.5) is 0 Å². The standard InChI is InChI=1S/C9H18N.Li/c1-5-9(4)8-10(6-2)7-3;/h5H,1,6-8H2,2-4H3;/q-1;+1. The predicted molar refractivity (Wildman–Crippen MR) is 46.9 cm³/mol. The molecule has 60 valence electrons. The van der Waals surface area contributed by atoms with Gasteiger partial charge in [-0.15, -0.1) is 6.92 Å². The molecule has 2 heteroatoms. The van der Waals surface area contributed by atoms with Crippen LogP contribution in [0.3, 0.4) is 0 Å². The Morgan fingerprint density at radius 3 is 2.09 bits per heavy atom. The molecular weight excluding hydrogens is 129 g/mol. The number of rotatable bonds is 4. The first-order chi connectivity index (χ1) is 4.74. The molecule has 0 aromatic carbocycles. The first-order valence-corrected chi connectivity index (χ1v) is 3.91. The zero-order valence-corrected chi connectivity index (χ0v) is 8.35. The van der Waals surface area contributed by atoms with Crippen LogP contribution in [0, 0.1) is 6.92 Å². The van der Waals surface area contributed by atoms with Gasteiger partial charge in [-0.2, -0.15) is 0 Å². The molecule has 0 aliphatic carbocycles. The Labute approximate surface area is 83.0 Å². The summed E-state index contributed by atoms with van der Waals surface area (Å²) in [5.41, 5.74) is 1.35. The molecule has 0 saturated heterocycles. The van der Waals surface area contributed by atoms with Gasteiger partial charge in [0.2, 0.25) is 0 Å². The summed E-state index contributed by atoms with van der Waals surface area (Å²) in [7, 11) is 0. The van der Waals surface area contributed by atoms with Crippen molar-refractivity contribution in [1.82, 2.24) is 4.90 Å². The van der Waals surface area contributed by atoms with E-state index >= 15 is 0 Å². The molecule has 0 radical (unpaired) electrons. The second-order valence-corrected chi connectivity index (χ2v) is 2.51. The van der Waals surface area contributed by atoms with Crippen molar-refractivity contribution in [2.24, 2.45) is 0 Å². The van der Waals surface area contributed by atoms with Gasteiger partial charge in [-0.05, 0) is 19.6 Å². The molecule has 0 N–H and O–H groups in total. The third-order valence-electron chi connectivity index (χ3n) is 1.72. The second kappa shape index (κ2) is 8.27. The van der Waals surface area contributed by atoms with Crippen molar-refractivity contribution in [1.29, 1.82) is 0 Å². The van der Waals surface area contributed by atoms with E-state index < -0.39 is 0 Å². The Morgan fingerprint density at radius 2 is 1.82 bits per heavy atom. The number of allylic oxidation sites excluding steroid dienone is 1. The Morgan fingerprint density at radius 1 is 1.36 bits per heavy atom. The maximum absolute atomic E-state index is 3.72. The van der Waals surface area contributed by atoms with Gasteiger partial charge in [0, 0.05) is 0 Å². The maximum atomic E-state index is 3.72. The van der Waals surface area contributed by atoms with Crippen LogP contribution in [0.25, 0.3) is 0 Å². The summed E-state index contributed by atoms with van der Waals surface area (Å²) in [5.74, 6) is 0. The van der Waals surface area contributed by atoms with Crippen LogP contribution in [0.2, 0.25) is 0 Å². The summed E-state index contributed by atoms with van der Waals surface area (Å²) < 4.78 is 0. The van der Waals surface area contributed by atoms with Crippen molar-refractivity contribution < 1.29 is 18.9 Å². The Bertz CT molecular complexity index is 106. The normalized spacial score (nSPS) is 11.5. The van der Waals surface area contributed by atoms with E-state index in [2.05, 4.69) is 32.6 Å². The third kappa shape index (κ3) is 6.56. The minimum Gasteiger partial charge on any atom is -0.316 e. The number of nitrogens with zero attached hydrogens (tertiary/aromatic N) is 1. The number of hydrogen-bond acceptors (Lipinski definition) is 1. The van der Waals surface area contributed by atoms with Crippen molar-refractivity contribution >= 4 is 0 Å². The average Bonchev–Trinajstić information content (AvgIpc) is 1.99. The summed E-state index contributed by atoms with van der Waals surface area (Å²) >= 11 is 0. The topological polar surface area (TPSA) is 3.24 Å². The third-order valence-corrected chi connectivity index (χ3v) is 1.72. The molecule has 0 aromatic heterocycles.